The molecular formula is C23H18ClNO5. The molecule has 6 nitrogen and oxygen atoms in total. The van der Waals surface area contributed by atoms with Gasteiger partial charge in [0.15, 0.2) is 0 Å². The van der Waals surface area contributed by atoms with E-state index in [2.05, 4.69) is 5.32 Å². The molecule has 1 amide bonds. The van der Waals surface area contributed by atoms with E-state index in [4.69, 9.17) is 21.1 Å². The van der Waals surface area contributed by atoms with Crippen LogP contribution in [0.25, 0.3) is 11.1 Å². The zero-order valence-electron chi connectivity index (χ0n) is 16.0. The number of fused-ring (bicyclic) bond motifs is 3. The number of ether oxygens (including phenoxy) is 2. The van der Waals surface area contributed by atoms with Crippen molar-refractivity contribution in [3.8, 4) is 16.9 Å². The molecular weight excluding hydrogens is 406 g/mol. The van der Waals surface area contributed by atoms with Crippen LogP contribution in [0.5, 0.6) is 5.75 Å². The Morgan fingerprint density at radius 3 is 2.17 bits per heavy atom. The summed E-state index contributed by atoms with van der Waals surface area (Å²) in [6, 6.07) is 18.7. The lowest BCUT2D eigenvalue weighted by Crippen LogP contribution is -2.19. The summed E-state index contributed by atoms with van der Waals surface area (Å²) in [6.45, 7) is 0.101. The Labute approximate surface area is 178 Å². The number of hydrogen-bond acceptors (Lipinski definition) is 4. The molecule has 1 aliphatic carbocycles. The molecule has 152 valence electrons. The molecule has 0 aromatic heterocycles. The zero-order valence-corrected chi connectivity index (χ0v) is 16.8. The lowest BCUT2D eigenvalue weighted by Gasteiger charge is -2.16. The predicted molar refractivity (Wildman–Crippen MR) is 114 cm³/mol. The highest BCUT2D eigenvalue weighted by molar-refractivity contribution is 6.36. The maximum atomic E-state index is 12.5. The Bertz CT molecular complexity index is 1100. The number of anilines is 1. The van der Waals surface area contributed by atoms with E-state index in [0.29, 0.717) is 0 Å². The number of carbonyl (C=O) groups excluding carboxylic acids is 1. The second-order valence-corrected chi connectivity index (χ2v) is 7.14. The smallest absolute Gasteiger partial charge is 0.411 e. The van der Waals surface area contributed by atoms with Gasteiger partial charge in [-0.15, -0.1) is 0 Å². The first kappa shape index (κ1) is 19.8. The van der Waals surface area contributed by atoms with Crippen molar-refractivity contribution in [2.24, 2.45) is 0 Å². The molecule has 30 heavy (non-hydrogen) atoms. The van der Waals surface area contributed by atoms with Gasteiger partial charge in [0.05, 0.1) is 18.4 Å². The average molecular weight is 424 g/mol. The number of aromatic carboxylic acids is 1. The fourth-order valence-corrected chi connectivity index (χ4v) is 4.04. The summed E-state index contributed by atoms with van der Waals surface area (Å²) in [5.41, 5.74) is 4.17. The van der Waals surface area contributed by atoms with Gasteiger partial charge >= 0.3 is 12.1 Å². The molecule has 0 heterocycles. The summed E-state index contributed by atoms with van der Waals surface area (Å²) in [6.07, 6.45) is -0.797. The van der Waals surface area contributed by atoms with Crippen LogP contribution >= 0.6 is 11.6 Å². The number of amides is 1. The first-order valence-corrected chi connectivity index (χ1v) is 9.60. The van der Waals surface area contributed by atoms with Crippen LogP contribution in [0.1, 0.15) is 27.4 Å². The lowest BCUT2D eigenvalue weighted by atomic mass is 9.98. The van der Waals surface area contributed by atoms with Crippen molar-refractivity contribution < 1.29 is 24.2 Å². The quantitative estimate of drug-likeness (QED) is 0.573. The molecule has 0 spiro atoms. The van der Waals surface area contributed by atoms with Crippen molar-refractivity contribution in [3.05, 3.63) is 82.4 Å². The summed E-state index contributed by atoms with van der Waals surface area (Å²) >= 11 is 6.20. The number of nitrogens with one attached hydrogen (secondary N) is 1. The van der Waals surface area contributed by atoms with Gasteiger partial charge in [-0.3, -0.25) is 5.32 Å². The first-order chi connectivity index (χ1) is 14.5. The van der Waals surface area contributed by atoms with Crippen molar-refractivity contribution in [3.63, 3.8) is 0 Å². The summed E-state index contributed by atoms with van der Waals surface area (Å²) < 4.78 is 10.6. The summed E-state index contributed by atoms with van der Waals surface area (Å²) in [5.74, 6) is -1.09. The second-order valence-electron chi connectivity index (χ2n) is 6.76. The lowest BCUT2D eigenvalue weighted by molar-refractivity contribution is 0.0698. The first-order valence-electron chi connectivity index (χ1n) is 9.23. The average Bonchev–Trinajstić information content (AvgIpc) is 3.07. The summed E-state index contributed by atoms with van der Waals surface area (Å²) in [7, 11) is 1.40. The Kier molecular flexibility index (Phi) is 5.33. The van der Waals surface area contributed by atoms with Gasteiger partial charge in [0.25, 0.3) is 0 Å². The fourth-order valence-electron chi connectivity index (χ4n) is 3.75. The SMILES string of the molecule is COc1ccc(C(=O)O)c(NC(=O)OCC2c3ccccc3-c3ccccc32)c1Cl. The molecule has 0 radical (unpaired) electrons. The van der Waals surface area contributed by atoms with Crippen LogP contribution in [0.3, 0.4) is 0 Å². The standard InChI is InChI=1S/C23H18ClNO5/c1-29-19-11-10-17(22(26)27)21(20(19)24)25-23(28)30-12-18-15-8-4-2-6-13(15)14-7-3-5-9-16(14)18/h2-11,18H,12H2,1H3,(H,25,28)(H,26,27). The molecule has 0 unspecified atom stereocenters. The van der Waals surface area contributed by atoms with Crippen LogP contribution < -0.4 is 10.1 Å². The molecule has 0 atom stereocenters. The third kappa shape index (κ3) is 3.46. The Hall–Kier alpha value is -3.51. The molecule has 3 aromatic carbocycles. The van der Waals surface area contributed by atoms with Gasteiger partial charge in [-0.2, -0.15) is 0 Å². The predicted octanol–water partition coefficient (Wildman–Crippen LogP) is 5.41. The molecule has 0 bridgehead atoms. The number of carbonyl (C=O) groups is 2. The third-order valence-corrected chi connectivity index (χ3v) is 5.50. The molecule has 2 N–H and O–H groups in total. The van der Waals surface area contributed by atoms with E-state index in [1.807, 2.05) is 48.5 Å². The monoisotopic (exact) mass is 423 g/mol. The van der Waals surface area contributed by atoms with Crippen LogP contribution in [-0.2, 0) is 4.74 Å². The minimum Gasteiger partial charge on any atom is -0.495 e. The number of methoxy groups -OCH3 is 1. The van der Waals surface area contributed by atoms with Crippen molar-refractivity contribution >= 4 is 29.4 Å². The maximum Gasteiger partial charge on any atom is 0.411 e. The van der Waals surface area contributed by atoms with Crippen LogP contribution in [-0.4, -0.2) is 30.9 Å². The molecule has 4 rings (SSSR count). The molecule has 1 aliphatic rings. The van der Waals surface area contributed by atoms with E-state index in [1.54, 1.807) is 0 Å². The Morgan fingerprint density at radius 1 is 1.00 bits per heavy atom. The third-order valence-electron chi connectivity index (χ3n) is 5.13. The van der Waals surface area contributed by atoms with Gasteiger partial charge in [0.1, 0.15) is 17.4 Å². The van der Waals surface area contributed by atoms with Crippen molar-refractivity contribution in [2.75, 3.05) is 19.0 Å². The maximum absolute atomic E-state index is 12.5. The van der Waals surface area contributed by atoms with Gasteiger partial charge < -0.3 is 14.6 Å². The summed E-state index contributed by atoms with van der Waals surface area (Å²) in [4.78, 5) is 24.0. The summed E-state index contributed by atoms with van der Waals surface area (Å²) in [5, 5.41) is 11.8. The molecule has 0 aliphatic heterocycles. The fraction of sp³-hybridized carbons (Fsp3) is 0.130. The minimum absolute atomic E-state index is 0.00842. The molecule has 0 saturated heterocycles. The highest BCUT2D eigenvalue weighted by Crippen LogP contribution is 2.44. The van der Waals surface area contributed by atoms with Crippen LogP contribution in [0.15, 0.2) is 60.7 Å². The minimum atomic E-state index is -1.23. The van der Waals surface area contributed by atoms with Gasteiger partial charge in [-0.1, -0.05) is 60.1 Å². The normalized spacial score (nSPS) is 12.1. The number of benzene rings is 3. The van der Waals surface area contributed by atoms with Gasteiger partial charge in [-0.05, 0) is 34.4 Å². The zero-order chi connectivity index (χ0) is 21.3. The number of halogens is 1. The Balaban J connectivity index is 1.55. The van der Waals surface area contributed by atoms with E-state index in [0.717, 1.165) is 22.3 Å². The van der Waals surface area contributed by atoms with Crippen molar-refractivity contribution in [1.29, 1.82) is 0 Å². The van der Waals surface area contributed by atoms with Crippen LogP contribution in [0, 0.1) is 0 Å². The highest BCUT2D eigenvalue weighted by Gasteiger charge is 2.29. The van der Waals surface area contributed by atoms with Gasteiger partial charge in [0.2, 0.25) is 0 Å². The largest absolute Gasteiger partial charge is 0.495 e. The van der Waals surface area contributed by atoms with E-state index >= 15 is 0 Å². The molecule has 7 heteroatoms. The van der Waals surface area contributed by atoms with Crippen LogP contribution in [0.4, 0.5) is 10.5 Å². The van der Waals surface area contributed by atoms with E-state index in [1.165, 1.54) is 19.2 Å². The molecule has 0 fully saturated rings. The van der Waals surface area contributed by atoms with E-state index < -0.39 is 12.1 Å². The van der Waals surface area contributed by atoms with Gasteiger partial charge in [-0.25, -0.2) is 9.59 Å². The second kappa shape index (κ2) is 8.08. The van der Waals surface area contributed by atoms with Crippen molar-refractivity contribution in [2.45, 2.75) is 5.92 Å². The van der Waals surface area contributed by atoms with E-state index in [9.17, 15) is 14.7 Å². The van der Waals surface area contributed by atoms with E-state index in [-0.39, 0.29) is 34.5 Å². The number of carboxylic acid groups (broad SMARTS) is 1. The number of rotatable bonds is 5. The van der Waals surface area contributed by atoms with Gasteiger partial charge in [0, 0.05) is 5.92 Å². The van der Waals surface area contributed by atoms with Crippen molar-refractivity contribution in [1.82, 2.24) is 0 Å². The molecule has 3 aromatic rings. The molecule has 0 saturated carbocycles. The van der Waals surface area contributed by atoms with Crippen LogP contribution in [0.2, 0.25) is 5.02 Å². The topological polar surface area (TPSA) is 84.9 Å². The number of carboxylic acids is 1. The number of hydrogen-bond donors (Lipinski definition) is 2. The Morgan fingerprint density at radius 2 is 1.60 bits per heavy atom. The highest BCUT2D eigenvalue weighted by atomic mass is 35.5.